The molecule has 13 heavy (non-hydrogen) atoms. The van der Waals surface area contributed by atoms with Gasteiger partial charge in [0, 0.05) is 0 Å². The van der Waals surface area contributed by atoms with Crippen LogP contribution in [-0.2, 0) is 4.57 Å². The molecule has 0 atom stereocenters. The van der Waals surface area contributed by atoms with Crippen LogP contribution in [0.3, 0.4) is 0 Å². The summed E-state index contributed by atoms with van der Waals surface area (Å²) < 4.78 is 8.66. The molecule has 12 heteroatoms. The van der Waals surface area contributed by atoms with Crippen LogP contribution in [0.1, 0.15) is 0 Å². The molecule has 7 nitrogen and oxygen atoms in total. The molecule has 0 spiro atoms. The fourth-order valence-electron chi connectivity index (χ4n) is 0. The Morgan fingerprint density at radius 3 is 1.08 bits per heavy atom. The minimum absolute atomic E-state index is 0. The molecule has 0 saturated carbocycles. The molecule has 0 aliphatic rings. The molecule has 0 bridgehead atoms. The van der Waals surface area contributed by atoms with Crippen LogP contribution >= 0.6 is 7.82 Å². The summed E-state index contributed by atoms with van der Waals surface area (Å²) in [5, 5.41) is 16.7. The molecule has 0 radical (unpaired) electrons. The molecule has 0 amide bonds. The van der Waals surface area contributed by atoms with E-state index >= 15 is 0 Å². The van der Waals surface area contributed by atoms with Crippen molar-refractivity contribution in [3.63, 3.8) is 0 Å². The molecule has 1 N–H and O–H groups in total. The third-order valence-corrected chi connectivity index (χ3v) is 0. The topological polar surface area (TPSA) is 147 Å². The van der Waals surface area contributed by atoms with Gasteiger partial charge in [0.25, 0.3) is 0 Å². The molecule has 0 unspecified atom stereocenters. The number of carbonyl (C=O) groups excluding carboxylic acids is 1. The van der Waals surface area contributed by atoms with E-state index in [1.807, 2.05) is 0 Å². The van der Waals surface area contributed by atoms with Crippen LogP contribution in [-0.4, -0.2) is 11.0 Å². The molecule has 0 aromatic carbocycles. The van der Waals surface area contributed by atoms with E-state index in [0.29, 0.717) is 0 Å². The zero-order chi connectivity index (χ0) is 8.08. The second-order valence-electron chi connectivity index (χ2n) is 0.719. The largest absolute Gasteiger partial charge is 1.00 e. The van der Waals surface area contributed by atoms with Gasteiger partial charge in [0.1, 0.15) is 0 Å². The minimum Gasteiger partial charge on any atom is -0.790 e. The third kappa shape index (κ3) is 195. The van der Waals surface area contributed by atoms with Crippen molar-refractivity contribution in [1.82, 2.24) is 0 Å². The number of carboxylic acid groups (broad SMARTS) is 2. The predicted octanol–water partition coefficient (Wildman–Crippen LogP) is -16.6. The van der Waals surface area contributed by atoms with Gasteiger partial charge in [0.05, 0.1) is 7.82 Å². The van der Waals surface area contributed by atoms with E-state index in [4.69, 9.17) is 34.3 Å². The van der Waals surface area contributed by atoms with Gasteiger partial charge in [-0.2, -0.15) is 0 Å². The number of hydrogen-bond acceptors (Lipinski definition) is 6. The summed E-state index contributed by atoms with van der Waals surface area (Å²) in [6.45, 7) is 0. The van der Waals surface area contributed by atoms with Gasteiger partial charge in [-0.05, 0) is 6.16 Å². The Bertz CT molecular complexity index is 123. The molecule has 0 aromatic heterocycles. The molecule has 0 rings (SSSR count). The predicted molar refractivity (Wildman–Crippen MR) is 15.2 cm³/mol. The Balaban J connectivity index is -0.0000000146. The number of rotatable bonds is 0. The van der Waals surface area contributed by atoms with E-state index in [2.05, 4.69) is 0 Å². The SMILES string of the molecule is O=C([O-])[O-].O=P([O-])([O-])O.[K+].[Na+].[Na+].[Na+]. The van der Waals surface area contributed by atoms with E-state index in [1.165, 1.54) is 0 Å². The molecule has 0 heterocycles. The Morgan fingerprint density at radius 1 is 1.08 bits per heavy atom. The number of hydrogen-bond donors (Lipinski definition) is 1. The fraction of sp³-hybridized carbons (Fsp3) is 0. The molecule has 0 aromatic rings. The standard InChI is InChI=1S/CH2O3.K.3Na.H3O4P/c2-1(3)4;;;;;1-5(2,3)4/h(H2,2,3,4);;;;;(H3,1,2,3,4)/q;4*+1;/p-4. The van der Waals surface area contributed by atoms with Gasteiger partial charge in [0.2, 0.25) is 0 Å². The van der Waals surface area contributed by atoms with E-state index in [9.17, 15) is 0 Å². The van der Waals surface area contributed by atoms with Crippen LogP contribution in [0.2, 0.25) is 0 Å². The first-order chi connectivity index (χ1) is 3.73. The first kappa shape index (κ1) is 36.0. The van der Waals surface area contributed by atoms with Crippen molar-refractivity contribution in [3.8, 4) is 0 Å². The Morgan fingerprint density at radius 2 is 1.08 bits per heavy atom. The van der Waals surface area contributed by atoms with Crippen molar-refractivity contribution >= 4 is 14.0 Å². The molecular weight excluding hydrogens is 263 g/mol. The summed E-state index contributed by atoms with van der Waals surface area (Å²) in [6, 6.07) is 0. The van der Waals surface area contributed by atoms with Crippen LogP contribution in [0, 0.1) is 0 Å². The van der Waals surface area contributed by atoms with Gasteiger partial charge >= 0.3 is 140 Å². The van der Waals surface area contributed by atoms with Gasteiger partial charge in [-0.15, -0.1) is 0 Å². The van der Waals surface area contributed by atoms with Gasteiger partial charge in [-0.25, -0.2) is 0 Å². The van der Waals surface area contributed by atoms with E-state index < -0.39 is 14.0 Å². The van der Waals surface area contributed by atoms with Crippen LogP contribution in [0.5, 0.6) is 0 Å². The monoisotopic (exact) mass is 264 g/mol. The van der Waals surface area contributed by atoms with Crippen LogP contribution in [0.4, 0.5) is 4.79 Å². The van der Waals surface area contributed by atoms with Crippen LogP contribution < -0.4 is 160 Å². The van der Waals surface area contributed by atoms with Crippen molar-refractivity contribution in [3.05, 3.63) is 0 Å². The maximum atomic E-state index is 8.66. The van der Waals surface area contributed by atoms with Gasteiger partial charge in [-0.3, -0.25) is 0 Å². The Labute approximate surface area is 184 Å². The zero-order valence-electron chi connectivity index (χ0n) is 7.84. The average molecular weight is 264 g/mol. The maximum absolute atomic E-state index is 8.66. The van der Waals surface area contributed by atoms with Crippen molar-refractivity contribution in [2.45, 2.75) is 0 Å². The van der Waals surface area contributed by atoms with E-state index in [0.717, 1.165) is 0 Å². The molecule has 56 valence electrons. The summed E-state index contributed by atoms with van der Waals surface area (Å²) in [7, 11) is -5.14. The van der Waals surface area contributed by atoms with Crippen LogP contribution in [0.25, 0.3) is 0 Å². The molecule has 0 aliphatic heterocycles. The minimum atomic E-state index is -5.14. The molecular formula is CHKNa3O7P. The third-order valence-electron chi connectivity index (χ3n) is 0. The summed E-state index contributed by atoms with van der Waals surface area (Å²) in [5.74, 6) is 0. The van der Waals surface area contributed by atoms with Gasteiger partial charge in [-0.1, -0.05) is 0 Å². The van der Waals surface area contributed by atoms with Crippen molar-refractivity contribution in [2.24, 2.45) is 0 Å². The van der Waals surface area contributed by atoms with Crippen molar-refractivity contribution in [2.75, 3.05) is 0 Å². The summed E-state index contributed by atoms with van der Waals surface area (Å²) in [4.78, 5) is 32.6. The summed E-state index contributed by atoms with van der Waals surface area (Å²) in [5.41, 5.74) is 0. The maximum Gasteiger partial charge on any atom is 1.00 e. The van der Waals surface area contributed by atoms with Crippen LogP contribution in [0.15, 0.2) is 0 Å². The summed E-state index contributed by atoms with van der Waals surface area (Å²) in [6.07, 6.45) is -2.33. The van der Waals surface area contributed by atoms with E-state index in [-0.39, 0.29) is 140 Å². The van der Waals surface area contributed by atoms with Crippen molar-refractivity contribution < 1.29 is 174 Å². The fourth-order valence-corrected chi connectivity index (χ4v) is 0. The van der Waals surface area contributed by atoms with Crippen molar-refractivity contribution in [1.29, 1.82) is 0 Å². The second-order valence-corrected chi connectivity index (χ2v) is 1.66. The smallest absolute Gasteiger partial charge is 0.790 e. The van der Waals surface area contributed by atoms with Gasteiger partial charge < -0.3 is 34.3 Å². The van der Waals surface area contributed by atoms with E-state index in [1.54, 1.807) is 0 Å². The Hall–Kier alpha value is 4.02. The molecule has 0 saturated heterocycles. The number of carbonyl (C=O) groups is 1. The summed E-state index contributed by atoms with van der Waals surface area (Å²) >= 11 is 0. The first-order valence-electron chi connectivity index (χ1n) is 1.36. The molecule has 0 fully saturated rings. The Kier molecular flexibility index (Phi) is 59.0. The second kappa shape index (κ2) is 21.3. The molecule has 0 aliphatic carbocycles. The number of phosphoric acid groups is 1. The zero-order valence-corrected chi connectivity index (χ0v) is 17.9. The first-order valence-corrected chi connectivity index (χ1v) is 2.86. The van der Waals surface area contributed by atoms with Gasteiger partial charge in [0.15, 0.2) is 0 Å². The quantitative estimate of drug-likeness (QED) is 0.337. The average Bonchev–Trinajstić information content (AvgIpc) is 1.19. The normalized spacial score (nSPS) is 6.38.